The normalized spacial score (nSPS) is 14.5. The Bertz CT molecular complexity index is 524. The minimum Gasteiger partial charge on any atom is -0.382 e. The predicted octanol–water partition coefficient (Wildman–Crippen LogP) is 3.03. The number of nitrogens with one attached hydrogen (secondary N) is 2. The first-order valence-corrected chi connectivity index (χ1v) is 9.72. The van der Waals surface area contributed by atoms with Crippen molar-refractivity contribution in [2.24, 2.45) is 4.99 Å². The van der Waals surface area contributed by atoms with Crippen LogP contribution in [0.15, 0.2) is 29.3 Å². The SMILES string of the molecule is CCNC(=NCCCCOCC)NCCN1CCc2ccccc2C1.I. The second-order valence-electron chi connectivity index (χ2n) is 6.39. The van der Waals surface area contributed by atoms with Gasteiger partial charge in [0.25, 0.3) is 0 Å². The van der Waals surface area contributed by atoms with Gasteiger partial charge < -0.3 is 15.4 Å². The Labute approximate surface area is 176 Å². The van der Waals surface area contributed by atoms with Crippen LogP contribution in [0.4, 0.5) is 0 Å². The Morgan fingerprint density at radius 2 is 1.96 bits per heavy atom. The summed E-state index contributed by atoms with van der Waals surface area (Å²) in [6, 6.07) is 8.79. The molecule has 0 unspecified atom stereocenters. The summed E-state index contributed by atoms with van der Waals surface area (Å²) in [4.78, 5) is 7.16. The zero-order valence-corrected chi connectivity index (χ0v) is 18.6. The van der Waals surface area contributed by atoms with Crippen LogP contribution in [0.2, 0.25) is 0 Å². The molecular weight excluding hydrogens is 439 g/mol. The van der Waals surface area contributed by atoms with E-state index < -0.39 is 0 Å². The van der Waals surface area contributed by atoms with Gasteiger partial charge in [-0.15, -0.1) is 24.0 Å². The van der Waals surface area contributed by atoms with Gasteiger partial charge in [-0.1, -0.05) is 24.3 Å². The molecule has 1 aliphatic rings. The van der Waals surface area contributed by atoms with Crippen LogP contribution in [-0.4, -0.2) is 56.8 Å². The first kappa shape index (κ1) is 23.2. The predicted molar refractivity (Wildman–Crippen MR) is 121 cm³/mol. The van der Waals surface area contributed by atoms with Gasteiger partial charge in [-0.2, -0.15) is 0 Å². The number of guanidine groups is 1. The number of nitrogens with zero attached hydrogens (tertiary/aromatic N) is 2. The van der Waals surface area contributed by atoms with Crippen molar-refractivity contribution in [3.63, 3.8) is 0 Å². The van der Waals surface area contributed by atoms with E-state index in [0.717, 1.165) is 77.7 Å². The monoisotopic (exact) mass is 474 g/mol. The molecule has 0 aromatic heterocycles. The molecule has 0 saturated heterocycles. The number of rotatable bonds is 10. The van der Waals surface area contributed by atoms with Gasteiger partial charge in [0.05, 0.1) is 0 Å². The molecule has 0 spiro atoms. The summed E-state index contributed by atoms with van der Waals surface area (Å²) in [5, 5.41) is 6.79. The van der Waals surface area contributed by atoms with Gasteiger partial charge in [-0.05, 0) is 44.2 Å². The lowest BCUT2D eigenvalue weighted by Crippen LogP contribution is -2.42. The summed E-state index contributed by atoms with van der Waals surface area (Å²) in [7, 11) is 0. The molecule has 148 valence electrons. The molecule has 0 atom stereocenters. The zero-order valence-electron chi connectivity index (χ0n) is 16.3. The minimum absolute atomic E-state index is 0. The second kappa shape index (κ2) is 14.2. The van der Waals surface area contributed by atoms with Gasteiger partial charge in [-0.3, -0.25) is 9.89 Å². The fourth-order valence-corrected chi connectivity index (χ4v) is 3.07. The van der Waals surface area contributed by atoms with Crippen LogP contribution in [0.5, 0.6) is 0 Å². The maximum atomic E-state index is 5.36. The Morgan fingerprint density at radius 1 is 1.15 bits per heavy atom. The summed E-state index contributed by atoms with van der Waals surface area (Å²) in [5.74, 6) is 0.927. The quantitative estimate of drug-likeness (QED) is 0.237. The van der Waals surface area contributed by atoms with Gasteiger partial charge >= 0.3 is 0 Å². The van der Waals surface area contributed by atoms with Crippen molar-refractivity contribution < 1.29 is 4.74 Å². The Morgan fingerprint density at radius 3 is 2.73 bits per heavy atom. The van der Waals surface area contributed by atoms with E-state index in [0.29, 0.717) is 0 Å². The highest BCUT2D eigenvalue weighted by molar-refractivity contribution is 14.0. The Balaban J connectivity index is 0.00000338. The van der Waals surface area contributed by atoms with Gasteiger partial charge in [0.2, 0.25) is 0 Å². The molecule has 0 radical (unpaired) electrons. The van der Waals surface area contributed by atoms with E-state index in [9.17, 15) is 0 Å². The Kier molecular flexibility index (Phi) is 12.7. The van der Waals surface area contributed by atoms with Crippen LogP contribution in [0.3, 0.4) is 0 Å². The smallest absolute Gasteiger partial charge is 0.191 e. The highest BCUT2D eigenvalue weighted by atomic mass is 127. The summed E-state index contributed by atoms with van der Waals surface area (Å²) in [5.41, 5.74) is 2.98. The van der Waals surface area contributed by atoms with Crippen LogP contribution in [0, 0.1) is 0 Å². The molecule has 1 heterocycles. The molecule has 2 rings (SSSR count). The molecule has 0 fully saturated rings. The molecule has 1 aliphatic heterocycles. The van der Waals surface area contributed by atoms with E-state index in [-0.39, 0.29) is 24.0 Å². The van der Waals surface area contributed by atoms with E-state index in [1.807, 2.05) is 6.92 Å². The maximum absolute atomic E-state index is 5.36. The van der Waals surface area contributed by atoms with Crippen molar-refractivity contribution in [1.29, 1.82) is 0 Å². The van der Waals surface area contributed by atoms with Crippen molar-refractivity contribution in [3.8, 4) is 0 Å². The molecule has 26 heavy (non-hydrogen) atoms. The highest BCUT2D eigenvalue weighted by Gasteiger charge is 2.14. The summed E-state index contributed by atoms with van der Waals surface area (Å²) in [6.07, 6.45) is 3.30. The molecule has 0 bridgehead atoms. The highest BCUT2D eigenvalue weighted by Crippen LogP contribution is 2.17. The molecule has 0 aliphatic carbocycles. The van der Waals surface area contributed by atoms with Crippen LogP contribution >= 0.6 is 24.0 Å². The lowest BCUT2D eigenvalue weighted by molar-refractivity contribution is 0.144. The van der Waals surface area contributed by atoms with Crippen molar-refractivity contribution in [1.82, 2.24) is 15.5 Å². The average Bonchev–Trinajstić information content (AvgIpc) is 2.64. The van der Waals surface area contributed by atoms with Crippen molar-refractivity contribution >= 4 is 29.9 Å². The lowest BCUT2D eigenvalue weighted by Gasteiger charge is -2.28. The molecule has 5 nitrogen and oxygen atoms in total. The van der Waals surface area contributed by atoms with Crippen LogP contribution in [-0.2, 0) is 17.7 Å². The fourth-order valence-electron chi connectivity index (χ4n) is 3.07. The third-order valence-corrected chi connectivity index (χ3v) is 4.45. The van der Waals surface area contributed by atoms with E-state index >= 15 is 0 Å². The summed E-state index contributed by atoms with van der Waals surface area (Å²) in [6.45, 7) is 11.7. The van der Waals surface area contributed by atoms with E-state index in [1.54, 1.807) is 0 Å². The molecule has 1 aromatic carbocycles. The van der Waals surface area contributed by atoms with Crippen molar-refractivity contribution in [2.45, 2.75) is 39.7 Å². The van der Waals surface area contributed by atoms with Crippen LogP contribution in [0.1, 0.15) is 37.8 Å². The number of hydrogen-bond donors (Lipinski definition) is 2. The molecular formula is C20H35IN4O. The summed E-state index contributed by atoms with van der Waals surface area (Å²) < 4.78 is 5.36. The molecule has 1 aromatic rings. The average molecular weight is 474 g/mol. The van der Waals surface area contributed by atoms with E-state index in [4.69, 9.17) is 4.74 Å². The minimum atomic E-state index is 0. The first-order valence-electron chi connectivity index (χ1n) is 9.72. The van der Waals surface area contributed by atoms with Gasteiger partial charge in [0.1, 0.15) is 0 Å². The molecule has 0 amide bonds. The van der Waals surface area contributed by atoms with Crippen LogP contribution < -0.4 is 10.6 Å². The second-order valence-corrected chi connectivity index (χ2v) is 6.39. The number of ether oxygens (including phenoxy) is 1. The number of unbranched alkanes of at least 4 members (excludes halogenated alkanes) is 1. The first-order chi connectivity index (χ1) is 12.3. The van der Waals surface area contributed by atoms with E-state index in [1.165, 1.54) is 11.1 Å². The fraction of sp³-hybridized carbons (Fsp3) is 0.650. The largest absolute Gasteiger partial charge is 0.382 e. The standard InChI is InChI=1S/C20H34N4O.HI/c1-3-21-20(22-12-7-8-16-25-4-2)23-13-15-24-14-11-18-9-5-6-10-19(18)17-24;/h5-6,9-10H,3-4,7-8,11-17H2,1-2H3,(H2,21,22,23);1H. The Hall–Kier alpha value is -0.860. The van der Waals surface area contributed by atoms with Crippen molar-refractivity contribution in [3.05, 3.63) is 35.4 Å². The number of hydrogen-bond acceptors (Lipinski definition) is 3. The van der Waals surface area contributed by atoms with Gasteiger partial charge in [-0.25, -0.2) is 0 Å². The lowest BCUT2D eigenvalue weighted by atomic mass is 10.00. The van der Waals surface area contributed by atoms with Gasteiger partial charge in [0, 0.05) is 52.5 Å². The number of fused-ring (bicyclic) bond motifs is 1. The van der Waals surface area contributed by atoms with E-state index in [2.05, 4.69) is 51.7 Å². The number of aliphatic imine (C=N–C) groups is 1. The molecule has 0 saturated carbocycles. The number of benzene rings is 1. The molecule has 6 heteroatoms. The topological polar surface area (TPSA) is 48.9 Å². The third kappa shape index (κ3) is 8.68. The van der Waals surface area contributed by atoms with Crippen molar-refractivity contribution in [2.75, 3.05) is 45.9 Å². The number of halogens is 1. The van der Waals surface area contributed by atoms with Crippen LogP contribution in [0.25, 0.3) is 0 Å². The third-order valence-electron chi connectivity index (χ3n) is 4.45. The summed E-state index contributed by atoms with van der Waals surface area (Å²) >= 11 is 0. The zero-order chi connectivity index (χ0) is 17.7. The molecule has 2 N–H and O–H groups in total. The maximum Gasteiger partial charge on any atom is 0.191 e. The van der Waals surface area contributed by atoms with Gasteiger partial charge in [0.15, 0.2) is 5.96 Å².